The molecule has 0 aliphatic carbocycles. The monoisotopic (exact) mass is 236 g/mol. The zero-order valence-corrected chi connectivity index (χ0v) is 10.4. The predicted octanol–water partition coefficient (Wildman–Crippen LogP) is 2.44. The molecule has 0 aliphatic rings. The standard InChI is InChI=1S/C11H16N4S/c1-3-4-10-7-13-11(16-10)12-5-9-6-14-15(2)8-9/h6-8H,3-5H2,1-2H3,(H,12,13). The van der Waals surface area contributed by atoms with Gasteiger partial charge in [-0.2, -0.15) is 5.10 Å². The van der Waals surface area contributed by atoms with E-state index in [1.165, 1.54) is 16.9 Å². The number of aromatic nitrogens is 3. The number of nitrogens with one attached hydrogen (secondary N) is 1. The van der Waals surface area contributed by atoms with Crippen LogP contribution in [0.5, 0.6) is 0 Å². The minimum atomic E-state index is 0.785. The summed E-state index contributed by atoms with van der Waals surface area (Å²) in [6, 6.07) is 0. The molecule has 0 radical (unpaired) electrons. The summed E-state index contributed by atoms with van der Waals surface area (Å²) in [5.74, 6) is 0. The number of anilines is 1. The normalized spacial score (nSPS) is 10.6. The van der Waals surface area contributed by atoms with Crippen molar-refractivity contribution < 1.29 is 0 Å². The van der Waals surface area contributed by atoms with Gasteiger partial charge in [-0.25, -0.2) is 4.98 Å². The van der Waals surface area contributed by atoms with Crippen molar-refractivity contribution in [2.75, 3.05) is 5.32 Å². The summed E-state index contributed by atoms with van der Waals surface area (Å²) in [4.78, 5) is 5.68. The molecule has 2 aromatic rings. The van der Waals surface area contributed by atoms with Crippen LogP contribution in [0.2, 0.25) is 0 Å². The topological polar surface area (TPSA) is 42.7 Å². The Morgan fingerprint density at radius 1 is 1.44 bits per heavy atom. The number of hydrogen-bond acceptors (Lipinski definition) is 4. The van der Waals surface area contributed by atoms with E-state index in [0.29, 0.717) is 0 Å². The fourth-order valence-electron chi connectivity index (χ4n) is 1.49. The van der Waals surface area contributed by atoms with Gasteiger partial charge in [-0.15, -0.1) is 11.3 Å². The summed E-state index contributed by atoms with van der Waals surface area (Å²) in [5, 5.41) is 8.42. The molecule has 0 saturated carbocycles. The molecule has 0 amide bonds. The molecule has 0 unspecified atom stereocenters. The number of thiazole rings is 1. The second-order valence-electron chi connectivity index (χ2n) is 3.76. The summed E-state index contributed by atoms with van der Waals surface area (Å²) in [6.45, 7) is 2.97. The van der Waals surface area contributed by atoms with Gasteiger partial charge in [0.15, 0.2) is 5.13 Å². The van der Waals surface area contributed by atoms with E-state index in [9.17, 15) is 0 Å². The molecule has 2 rings (SSSR count). The highest BCUT2D eigenvalue weighted by Crippen LogP contribution is 2.19. The van der Waals surface area contributed by atoms with E-state index in [0.717, 1.165) is 18.1 Å². The summed E-state index contributed by atoms with van der Waals surface area (Å²) in [7, 11) is 1.92. The molecule has 1 N–H and O–H groups in total. The zero-order chi connectivity index (χ0) is 11.4. The van der Waals surface area contributed by atoms with E-state index in [1.54, 1.807) is 16.0 Å². The van der Waals surface area contributed by atoms with Gasteiger partial charge in [0.2, 0.25) is 0 Å². The Balaban J connectivity index is 1.89. The van der Waals surface area contributed by atoms with Crippen LogP contribution in [0.15, 0.2) is 18.6 Å². The number of hydrogen-bond donors (Lipinski definition) is 1. The first-order valence-corrected chi connectivity index (χ1v) is 6.25. The first-order valence-electron chi connectivity index (χ1n) is 5.44. The minimum Gasteiger partial charge on any atom is -0.357 e. The lowest BCUT2D eigenvalue weighted by molar-refractivity contribution is 0.767. The van der Waals surface area contributed by atoms with Crippen molar-refractivity contribution >= 4 is 16.5 Å². The number of nitrogens with zero attached hydrogens (tertiary/aromatic N) is 3. The Morgan fingerprint density at radius 3 is 3.00 bits per heavy atom. The lowest BCUT2D eigenvalue weighted by atomic mass is 10.3. The molecule has 2 heterocycles. The second-order valence-corrected chi connectivity index (χ2v) is 4.87. The quantitative estimate of drug-likeness (QED) is 0.867. The van der Waals surface area contributed by atoms with Crippen LogP contribution in [0, 0.1) is 0 Å². The first kappa shape index (κ1) is 11.1. The molecular weight excluding hydrogens is 220 g/mol. The van der Waals surface area contributed by atoms with Gasteiger partial charge in [0.25, 0.3) is 0 Å². The highest BCUT2D eigenvalue weighted by molar-refractivity contribution is 7.15. The highest BCUT2D eigenvalue weighted by Gasteiger charge is 2.01. The van der Waals surface area contributed by atoms with E-state index < -0.39 is 0 Å². The van der Waals surface area contributed by atoms with Gasteiger partial charge >= 0.3 is 0 Å². The maximum absolute atomic E-state index is 4.34. The van der Waals surface area contributed by atoms with Crippen LogP contribution in [0.4, 0.5) is 5.13 Å². The van der Waals surface area contributed by atoms with Crippen molar-refractivity contribution in [3.05, 3.63) is 29.0 Å². The molecule has 0 atom stereocenters. The molecule has 2 aromatic heterocycles. The van der Waals surface area contributed by atoms with Crippen LogP contribution < -0.4 is 5.32 Å². The molecule has 0 bridgehead atoms. The minimum absolute atomic E-state index is 0.785. The Labute approximate surface area is 99.3 Å². The van der Waals surface area contributed by atoms with E-state index in [4.69, 9.17) is 0 Å². The predicted molar refractivity (Wildman–Crippen MR) is 66.6 cm³/mol. The molecular formula is C11H16N4S. The van der Waals surface area contributed by atoms with Crippen LogP contribution >= 0.6 is 11.3 Å². The van der Waals surface area contributed by atoms with Crippen molar-refractivity contribution in [1.29, 1.82) is 0 Å². The first-order chi connectivity index (χ1) is 7.78. The van der Waals surface area contributed by atoms with Crippen molar-refractivity contribution in [1.82, 2.24) is 14.8 Å². The smallest absolute Gasteiger partial charge is 0.183 e. The molecule has 86 valence electrons. The molecule has 16 heavy (non-hydrogen) atoms. The van der Waals surface area contributed by atoms with Gasteiger partial charge < -0.3 is 5.32 Å². The Kier molecular flexibility index (Phi) is 3.56. The van der Waals surface area contributed by atoms with E-state index in [2.05, 4.69) is 22.3 Å². The molecule has 0 fully saturated rings. The van der Waals surface area contributed by atoms with E-state index in [-0.39, 0.29) is 0 Å². The van der Waals surface area contributed by atoms with Crippen LogP contribution in [-0.4, -0.2) is 14.8 Å². The Hall–Kier alpha value is -1.36. The highest BCUT2D eigenvalue weighted by atomic mass is 32.1. The van der Waals surface area contributed by atoms with Crippen molar-refractivity contribution in [3.8, 4) is 0 Å². The third-order valence-corrected chi connectivity index (χ3v) is 3.27. The summed E-state index contributed by atoms with van der Waals surface area (Å²) >= 11 is 1.73. The van der Waals surface area contributed by atoms with Gasteiger partial charge in [-0.05, 0) is 6.42 Å². The molecule has 0 aromatic carbocycles. The Bertz CT molecular complexity index is 446. The SMILES string of the molecule is CCCc1cnc(NCc2cnn(C)c2)s1. The van der Waals surface area contributed by atoms with Crippen LogP contribution in [-0.2, 0) is 20.0 Å². The largest absolute Gasteiger partial charge is 0.357 e. The molecule has 5 heteroatoms. The summed E-state index contributed by atoms with van der Waals surface area (Å²) in [5.41, 5.74) is 1.18. The van der Waals surface area contributed by atoms with Gasteiger partial charge in [-0.3, -0.25) is 4.68 Å². The van der Waals surface area contributed by atoms with Gasteiger partial charge in [0.1, 0.15) is 0 Å². The van der Waals surface area contributed by atoms with Gasteiger partial charge in [0.05, 0.1) is 6.20 Å². The maximum Gasteiger partial charge on any atom is 0.183 e. The average molecular weight is 236 g/mol. The van der Waals surface area contributed by atoms with E-state index >= 15 is 0 Å². The molecule has 0 aliphatic heterocycles. The third kappa shape index (κ3) is 2.82. The fourth-order valence-corrected chi connectivity index (χ4v) is 2.40. The molecule has 0 spiro atoms. The number of rotatable bonds is 5. The summed E-state index contributed by atoms with van der Waals surface area (Å²) in [6.07, 6.45) is 8.12. The zero-order valence-electron chi connectivity index (χ0n) is 9.60. The molecule has 0 saturated heterocycles. The Morgan fingerprint density at radius 2 is 2.31 bits per heavy atom. The second kappa shape index (κ2) is 5.12. The summed E-state index contributed by atoms with van der Waals surface area (Å²) < 4.78 is 1.81. The van der Waals surface area contributed by atoms with Crippen LogP contribution in [0.25, 0.3) is 0 Å². The fraction of sp³-hybridized carbons (Fsp3) is 0.455. The molecule has 4 nitrogen and oxygen atoms in total. The average Bonchev–Trinajstić information content (AvgIpc) is 2.85. The van der Waals surface area contributed by atoms with E-state index in [1.807, 2.05) is 25.6 Å². The van der Waals surface area contributed by atoms with Crippen molar-refractivity contribution in [2.24, 2.45) is 7.05 Å². The van der Waals surface area contributed by atoms with Crippen molar-refractivity contribution in [2.45, 2.75) is 26.3 Å². The maximum atomic E-state index is 4.34. The third-order valence-electron chi connectivity index (χ3n) is 2.25. The number of aryl methyl sites for hydroxylation is 2. The lowest BCUT2D eigenvalue weighted by Gasteiger charge is -1.98. The van der Waals surface area contributed by atoms with Crippen LogP contribution in [0.1, 0.15) is 23.8 Å². The van der Waals surface area contributed by atoms with Crippen LogP contribution in [0.3, 0.4) is 0 Å². The van der Waals surface area contributed by atoms with Gasteiger partial charge in [-0.1, -0.05) is 13.3 Å². The van der Waals surface area contributed by atoms with Gasteiger partial charge in [0, 0.05) is 36.4 Å². The lowest BCUT2D eigenvalue weighted by Crippen LogP contribution is -1.97. The van der Waals surface area contributed by atoms with Crippen molar-refractivity contribution in [3.63, 3.8) is 0 Å².